The average Bonchev–Trinajstić information content (AvgIpc) is 3.03. The minimum absolute atomic E-state index is 0.156. The number of nitrogens with zero attached hydrogens (tertiary/aromatic N) is 3. The largest absolute Gasteiger partial charge is 0.393 e. The summed E-state index contributed by atoms with van der Waals surface area (Å²) in [6.45, 7) is 0. The fraction of sp³-hybridized carbons (Fsp3) is 0.316. The van der Waals surface area contributed by atoms with E-state index < -0.39 is 0 Å². The lowest BCUT2D eigenvalue weighted by atomic mass is 9.75. The van der Waals surface area contributed by atoms with Crippen molar-refractivity contribution >= 4 is 16.8 Å². The van der Waals surface area contributed by atoms with E-state index in [1.165, 1.54) is 0 Å². The third kappa shape index (κ3) is 3.13. The minimum Gasteiger partial charge on any atom is -0.393 e. The van der Waals surface area contributed by atoms with Gasteiger partial charge in [0.1, 0.15) is 0 Å². The van der Waals surface area contributed by atoms with Gasteiger partial charge in [-0.1, -0.05) is 18.2 Å². The molecule has 4 rings (SSSR count). The first-order chi connectivity index (χ1) is 12.1. The van der Waals surface area contributed by atoms with Crippen LogP contribution in [0.2, 0.25) is 0 Å². The summed E-state index contributed by atoms with van der Waals surface area (Å²) in [7, 11) is 1.85. The molecule has 0 radical (unpaired) electrons. The summed E-state index contributed by atoms with van der Waals surface area (Å²) in [5.74, 6) is 0.0602. The van der Waals surface area contributed by atoms with Crippen LogP contribution in [0.5, 0.6) is 0 Å². The number of amides is 1. The zero-order valence-corrected chi connectivity index (χ0v) is 14.0. The second-order valence-electron chi connectivity index (χ2n) is 6.70. The fourth-order valence-corrected chi connectivity index (χ4v) is 3.40. The van der Waals surface area contributed by atoms with Crippen LogP contribution < -0.4 is 5.32 Å². The van der Waals surface area contributed by atoms with Gasteiger partial charge in [0, 0.05) is 30.4 Å². The van der Waals surface area contributed by atoms with Gasteiger partial charge in [0.25, 0.3) is 5.91 Å². The van der Waals surface area contributed by atoms with Crippen LogP contribution >= 0.6 is 0 Å². The Balaban J connectivity index is 1.58. The number of aryl methyl sites for hydroxylation is 1. The molecule has 128 valence electrons. The van der Waals surface area contributed by atoms with Crippen LogP contribution in [0, 0.1) is 5.92 Å². The highest BCUT2D eigenvalue weighted by Gasteiger charge is 2.36. The molecule has 1 aliphatic carbocycles. The van der Waals surface area contributed by atoms with E-state index in [-0.39, 0.29) is 24.0 Å². The van der Waals surface area contributed by atoms with Crippen molar-refractivity contribution in [3.63, 3.8) is 0 Å². The number of carbonyl (C=O) groups excluding carboxylic acids is 1. The summed E-state index contributed by atoms with van der Waals surface area (Å²) in [6, 6.07) is 9.42. The smallest absolute Gasteiger partial charge is 0.253 e. The zero-order chi connectivity index (χ0) is 17.4. The van der Waals surface area contributed by atoms with E-state index in [1.807, 2.05) is 43.6 Å². The number of para-hydroxylation sites is 1. The number of fused-ring (bicyclic) bond motifs is 1. The second-order valence-corrected chi connectivity index (χ2v) is 6.70. The quantitative estimate of drug-likeness (QED) is 0.765. The number of nitrogens with one attached hydrogen (secondary N) is 1. The molecule has 3 aromatic rings. The maximum absolute atomic E-state index is 12.8. The van der Waals surface area contributed by atoms with Crippen LogP contribution in [-0.2, 0) is 7.05 Å². The molecule has 0 bridgehead atoms. The normalized spacial score (nSPS) is 20.9. The monoisotopic (exact) mass is 336 g/mol. The van der Waals surface area contributed by atoms with Gasteiger partial charge in [0.15, 0.2) is 0 Å². The number of hydrogen-bond acceptors (Lipinski definition) is 4. The minimum atomic E-state index is -0.275. The van der Waals surface area contributed by atoms with Crippen LogP contribution in [0.25, 0.3) is 10.9 Å². The topological polar surface area (TPSA) is 80.0 Å². The molecule has 6 heteroatoms. The van der Waals surface area contributed by atoms with E-state index in [9.17, 15) is 9.90 Å². The first kappa shape index (κ1) is 15.8. The number of rotatable bonds is 4. The van der Waals surface area contributed by atoms with Gasteiger partial charge >= 0.3 is 0 Å². The van der Waals surface area contributed by atoms with E-state index in [0.29, 0.717) is 18.4 Å². The molecule has 0 saturated heterocycles. The third-order valence-corrected chi connectivity index (χ3v) is 4.84. The van der Waals surface area contributed by atoms with E-state index in [0.717, 1.165) is 16.5 Å². The number of aromatic nitrogens is 3. The maximum atomic E-state index is 12.8. The lowest BCUT2D eigenvalue weighted by molar-refractivity contribution is 0.0235. The van der Waals surface area contributed by atoms with Crippen LogP contribution in [0.4, 0.5) is 0 Å². The lowest BCUT2D eigenvalue weighted by Crippen LogP contribution is -2.41. The molecular weight excluding hydrogens is 316 g/mol. The Kier molecular flexibility index (Phi) is 3.97. The molecule has 0 spiro atoms. The van der Waals surface area contributed by atoms with Crippen LogP contribution in [0.1, 0.15) is 34.8 Å². The Morgan fingerprint density at radius 3 is 2.84 bits per heavy atom. The highest BCUT2D eigenvalue weighted by Crippen LogP contribution is 2.38. The highest BCUT2D eigenvalue weighted by atomic mass is 16.3. The summed E-state index contributed by atoms with van der Waals surface area (Å²) in [5, 5.41) is 17.9. The molecule has 1 amide bonds. The van der Waals surface area contributed by atoms with Gasteiger partial charge in [-0.2, -0.15) is 5.10 Å². The van der Waals surface area contributed by atoms with E-state index in [4.69, 9.17) is 0 Å². The summed E-state index contributed by atoms with van der Waals surface area (Å²) in [5.41, 5.74) is 2.36. The van der Waals surface area contributed by atoms with Crippen molar-refractivity contribution in [2.24, 2.45) is 13.0 Å². The predicted molar refractivity (Wildman–Crippen MR) is 93.9 cm³/mol. The molecule has 1 aliphatic rings. The Labute approximate surface area is 145 Å². The van der Waals surface area contributed by atoms with Gasteiger partial charge < -0.3 is 10.4 Å². The van der Waals surface area contributed by atoms with E-state index >= 15 is 0 Å². The van der Waals surface area contributed by atoms with Gasteiger partial charge in [0.05, 0.1) is 29.4 Å². The first-order valence-corrected chi connectivity index (χ1v) is 8.42. The van der Waals surface area contributed by atoms with Crippen molar-refractivity contribution in [3.8, 4) is 0 Å². The van der Waals surface area contributed by atoms with E-state index in [1.54, 1.807) is 17.1 Å². The average molecular weight is 336 g/mol. The van der Waals surface area contributed by atoms with Gasteiger partial charge in [0.2, 0.25) is 0 Å². The summed E-state index contributed by atoms with van der Waals surface area (Å²) < 4.78 is 1.72. The van der Waals surface area contributed by atoms with Crippen molar-refractivity contribution < 1.29 is 9.90 Å². The number of aliphatic hydroxyl groups excluding tert-OH is 1. The van der Waals surface area contributed by atoms with E-state index in [2.05, 4.69) is 15.4 Å². The highest BCUT2D eigenvalue weighted by molar-refractivity contribution is 5.97. The number of aliphatic hydroxyl groups is 1. The van der Waals surface area contributed by atoms with Gasteiger partial charge in [-0.15, -0.1) is 0 Å². The Morgan fingerprint density at radius 2 is 2.12 bits per heavy atom. The molecule has 6 nitrogen and oxygen atoms in total. The number of benzene rings is 1. The lowest BCUT2D eigenvalue weighted by Gasteiger charge is -2.37. The summed E-state index contributed by atoms with van der Waals surface area (Å²) in [4.78, 5) is 17.1. The third-order valence-electron chi connectivity index (χ3n) is 4.84. The molecule has 0 aliphatic heterocycles. The van der Waals surface area contributed by atoms with Crippen molar-refractivity contribution in [1.82, 2.24) is 20.1 Å². The van der Waals surface area contributed by atoms with Crippen molar-refractivity contribution in [3.05, 3.63) is 60.0 Å². The van der Waals surface area contributed by atoms with Crippen LogP contribution in [0.15, 0.2) is 48.9 Å². The number of pyridine rings is 1. The molecule has 2 N–H and O–H groups in total. The Hall–Kier alpha value is -2.73. The molecule has 1 saturated carbocycles. The second kappa shape index (κ2) is 6.29. The molecule has 1 atom stereocenters. The molecule has 25 heavy (non-hydrogen) atoms. The number of hydrogen-bond donors (Lipinski definition) is 2. The van der Waals surface area contributed by atoms with Gasteiger partial charge in [-0.3, -0.25) is 14.5 Å². The maximum Gasteiger partial charge on any atom is 0.253 e. The molecular formula is C19H20N4O2. The SMILES string of the molecule is Cn1cc(C(NC(=O)c2cnc3ccccc3c2)C2CC(O)C2)cn1. The Bertz CT molecular complexity index is 914. The van der Waals surface area contributed by atoms with Gasteiger partial charge in [-0.25, -0.2) is 0 Å². The molecule has 1 aromatic carbocycles. The number of carbonyl (C=O) groups is 1. The van der Waals surface area contributed by atoms with Crippen molar-refractivity contribution in [2.75, 3.05) is 0 Å². The molecule has 1 unspecified atom stereocenters. The summed E-state index contributed by atoms with van der Waals surface area (Å²) in [6.07, 6.45) is 6.39. The first-order valence-electron chi connectivity index (χ1n) is 8.42. The zero-order valence-electron chi connectivity index (χ0n) is 14.0. The van der Waals surface area contributed by atoms with Crippen molar-refractivity contribution in [2.45, 2.75) is 25.0 Å². The van der Waals surface area contributed by atoms with Crippen molar-refractivity contribution in [1.29, 1.82) is 0 Å². The fourth-order valence-electron chi connectivity index (χ4n) is 3.40. The summed E-state index contributed by atoms with van der Waals surface area (Å²) >= 11 is 0. The van der Waals surface area contributed by atoms with Crippen LogP contribution in [-0.4, -0.2) is 31.9 Å². The molecule has 2 heterocycles. The molecule has 1 fully saturated rings. The predicted octanol–water partition coefficient (Wildman–Crippen LogP) is 2.21. The molecule has 2 aromatic heterocycles. The van der Waals surface area contributed by atoms with Gasteiger partial charge in [-0.05, 0) is 30.9 Å². The Morgan fingerprint density at radius 1 is 1.32 bits per heavy atom. The standard InChI is InChI=1S/C19H20N4O2/c1-23-11-15(10-21-23)18(13-7-16(24)8-13)22-19(25)14-6-12-4-2-3-5-17(12)20-9-14/h2-6,9-11,13,16,18,24H,7-8H2,1H3,(H,22,25). The van der Waals surface area contributed by atoms with Crippen LogP contribution in [0.3, 0.4) is 0 Å².